The van der Waals surface area contributed by atoms with Gasteiger partial charge in [-0.2, -0.15) is 13.2 Å². The van der Waals surface area contributed by atoms with Crippen molar-refractivity contribution in [2.45, 2.75) is 25.2 Å². The van der Waals surface area contributed by atoms with Gasteiger partial charge in [0.15, 0.2) is 11.5 Å². The van der Waals surface area contributed by atoms with Gasteiger partial charge in [0.25, 0.3) is 0 Å². The highest BCUT2D eigenvalue weighted by molar-refractivity contribution is 5.77. The van der Waals surface area contributed by atoms with Crippen molar-refractivity contribution in [3.05, 3.63) is 48.0 Å². The van der Waals surface area contributed by atoms with Gasteiger partial charge in [-0.15, -0.1) is 0 Å². The molecule has 3 heterocycles. The Labute approximate surface area is 190 Å². The zero-order valence-electron chi connectivity index (χ0n) is 18.4. The number of piperazine rings is 1. The van der Waals surface area contributed by atoms with Crippen molar-refractivity contribution >= 4 is 30.7 Å². The van der Waals surface area contributed by atoms with E-state index in [-0.39, 0.29) is 30.1 Å². The predicted octanol–water partition coefficient (Wildman–Crippen LogP) is 2.27. The number of anilines is 1. The van der Waals surface area contributed by atoms with Crippen LogP contribution in [-0.4, -0.2) is 83.9 Å². The smallest absolute Gasteiger partial charge is 0.404 e. The molecule has 9 nitrogen and oxygen atoms in total. The van der Waals surface area contributed by atoms with E-state index in [0.717, 1.165) is 6.20 Å². The maximum Gasteiger partial charge on any atom is 0.434 e. The second kappa shape index (κ2) is 9.94. The lowest BCUT2D eigenvalue weighted by Gasteiger charge is -2.44. The second-order valence-corrected chi connectivity index (χ2v) is 7.66. The normalized spacial score (nSPS) is 22.9. The van der Waals surface area contributed by atoms with Gasteiger partial charge in [-0.3, -0.25) is 14.9 Å². The molecule has 2 aliphatic heterocycles. The largest absolute Gasteiger partial charge is 0.434 e. The standard InChI is InChI=1S/C21H26F3N9/c1-14-11-33(12-17(31(14)3)15(8-25)9-26)19-4-5-29-20(30-19)16(10-27-2)32-7-6-28-18(13-32)21(22,23)24/h4-6,8-10,13-14,17,25H,2,7,11-12,26H2,1,3H3/b15-9+,16-10-,25-8?. The van der Waals surface area contributed by atoms with Crippen LogP contribution in [0.2, 0.25) is 0 Å². The number of nitrogens with two attached hydrogens (primary N) is 1. The fraction of sp³-hybridized carbons (Fsp3) is 0.381. The van der Waals surface area contributed by atoms with E-state index in [1.54, 1.807) is 12.3 Å². The van der Waals surface area contributed by atoms with Crippen LogP contribution in [-0.2, 0) is 0 Å². The molecule has 0 aliphatic carbocycles. The lowest BCUT2D eigenvalue weighted by molar-refractivity contribution is -0.0934. The van der Waals surface area contributed by atoms with Crippen LogP contribution in [0.25, 0.3) is 5.70 Å². The van der Waals surface area contributed by atoms with E-state index < -0.39 is 11.9 Å². The zero-order chi connectivity index (χ0) is 24.2. The first-order valence-corrected chi connectivity index (χ1v) is 10.2. The summed E-state index contributed by atoms with van der Waals surface area (Å²) in [5.74, 6) is 0.810. The Kier molecular flexibility index (Phi) is 7.26. The molecule has 33 heavy (non-hydrogen) atoms. The molecule has 0 aromatic carbocycles. The summed E-state index contributed by atoms with van der Waals surface area (Å²) >= 11 is 0. The van der Waals surface area contributed by atoms with Crippen LogP contribution in [0.3, 0.4) is 0 Å². The number of likely N-dealkylation sites (N-methyl/N-ethyl adjacent to an activating group) is 1. The Bertz CT molecular complexity index is 1010. The summed E-state index contributed by atoms with van der Waals surface area (Å²) in [4.78, 5) is 21.6. The minimum Gasteiger partial charge on any atom is -0.404 e. The predicted molar refractivity (Wildman–Crippen MR) is 123 cm³/mol. The summed E-state index contributed by atoms with van der Waals surface area (Å²) in [6.07, 6.45) is 3.03. The molecule has 1 saturated heterocycles. The zero-order valence-corrected chi connectivity index (χ0v) is 18.4. The van der Waals surface area contributed by atoms with E-state index in [4.69, 9.17) is 11.1 Å². The molecule has 0 bridgehead atoms. The van der Waals surface area contributed by atoms with Crippen LogP contribution in [0.15, 0.2) is 52.1 Å². The van der Waals surface area contributed by atoms with E-state index in [0.29, 0.717) is 24.5 Å². The monoisotopic (exact) mass is 461 g/mol. The Morgan fingerprint density at radius 1 is 1.36 bits per heavy atom. The van der Waals surface area contributed by atoms with E-state index in [9.17, 15) is 13.2 Å². The number of rotatable bonds is 6. The van der Waals surface area contributed by atoms with Crippen molar-refractivity contribution in [2.24, 2.45) is 15.7 Å². The number of hydrogen-bond donors (Lipinski definition) is 2. The fourth-order valence-corrected chi connectivity index (χ4v) is 3.72. The molecule has 12 heteroatoms. The number of nitrogens with one attached hydrogen (secondary N) is 1. The average Bonchev–Trinajstić information content (AvgIpc) is 2.80. The molecule has 2 unspecified atom stereocenters. The van der Waals surface area contributed by atoms with E-state index in [1.165, 1.54) is 29.7 Å². The SMILES string of the molecule is C=N/C=C(/c1nccc(N2CC(C)N(C)C(/C(C=N)=C/N)C2)n1)N1C=C(C(F)(F)F)N=CC1. The Morgan fingerprint density at radius 2 is 2.12 bits per heavy atom. The number of allylic oxidation sites excluding steroid dienone is 1. The Hall–Kier alpha value is -3.54. The minimum absolute atomic E-state index is 0.103. The van der Waals surface area contributed by atoms with Crippen molar-refractivity contribution in [1.29, 1.82) is 5.41 Å². The first kappa shape index (κ1) is 24.1. The molecule has 0 spiro atoms. The van der Waals surface area contributed by atoms with Gasteiger partial charge in [-0.1, -0.05) is 0 Å². The molecule has 1 aromatic rings. The molecule has 1 aromatic heterocycles. The fourth-order valence-electron chi connectivity index (χ4n) is 3.72. The molecular weight excluding hydrogens is 435 g/mol. The third-order valence-electron chi connectivity index (χ3n) is 5.60. The third kappa shape index (κ3) is 5.28. The minimum atomic E-state index is -4.58. The van der Waals surface area contributed by atoms with Crippen LogP contribution in [0.5, 0.6) is 0 Å². The quantitative estimate of drug-likeness (QED) is 0.629. The number of hydrogen-bond acceptors (Lipinski definition) is 9. The van der Waals surface area contributed by atoms with Crippen LogP contribution in [0, 0.1) is 5.41 Å². The van der Waals surface area contributed by atoms with E-state index >= 15 is 0 Å². The van der Waals surface area contributed by atoms with Crippen LogP contribution in [0.4, 0.5) is 19.0 Å². The summed E-state index contributed by atoms with van der Waals surface area (Å²) in [6.45, 7) is 6.78. The summed E-state index contributed by atoms with van der Waals surface area (Å²) in [6, 6.07) is 1.76. The van der Waals surface area contributed by atoms with E-state index in [1.807, 2.05) is 11.9 Å². The van der Waals surface area contributed by atoms with E-state index in [2.05, 4.69) is 38.5 Å². The maximum atomic E-state index is 13.2. The molecule has 0 saturated carbocycles. The molecule has 0 amide bonds. The van der Waals surface area contributed by atoms with Crippen molar-refractivity contribution in [1.82, 2.24) is 19.8 Å². The third-order valence-corrected chi connectivity index (χ3v) is 5.60. The maximum absolute atomic E-state index is 13.2. The average molecular weight is 461 g/mol. The first-order valence-electron chi connectivity index (χ1n) is 10.2. The number of halogens is 3. The van der Waals surface area contributed by atoms with Gasteiger partial charge in [0.2, 0.25) is 0 Å². The van der Waals surface area contributed by atoms with Gasteiger partial charge in [0, 0.05) is 55.7 Å². The van der Waals surface area contributed by atoms with Crippen molar-refractivity contribution in [3.8, 4) is 0 Å². The van der Waals surface area contributed by atoms with Crippen LogP contribution < -0.4 is 10.6 Å². The second-order valence-electron chi connectivity index (χ2n) is 7.66. The summed E-state index contributed by atoms with van der Waals surface area (Å²) in [5.41, 5.74) is 5.64. The summed E-state index contributed by atoms with van der Waals surface area (Å²) in [7, 11) is 1.98. The van der Waals surface area contributed by atoms with Crippen molar-refractivity contribution in [3.63, 3.8) is 0 Å². The van der Waals surface area contributed by atoms with Gasteiger partial charge in [-0.05, 0) is 26.8 Å². The van der Waals surface area contributed by atoms with Crippen LogP contribution >= 0.6 is 0 Å². The summed E-state index contributed by atoms with van der Waals surface area (Å²) in [5, 5.41) is 7.66. The number of aliphatic imine (C=N–C) groups is 2. The lowest BCUT2D eigenvalue weighted by atomic mass is 10.0. The molecular formula is C21H26F3N9. The molecule has 3 N–H and O–H groups in total. The van der Waals surface area contributed by atoms with Gasteiger partial charge >= 0.3 is 6.18 Å². The van der Waals surface area contributed by atoms with Gasteiger partial charge in [-0.25, -0.2) is 9.97 Å². The van der Waals surface area contributed by atoms with Crippen LogP contribution in [0.1, 0.15) is 12.7 Å². The molecule has 2 aliphatic rings. The molecule has 2 atom stereocenters. The van der Waals surface area contributed by atoms with Crippen molar-refractivity contribution in [2.75, 3.05) is 31.6 Å². The highest BCUT2D eigenvalue weighted by Crippen LogP contribution is 2.31. The topological polar surface area (TPSA) is 110 Å². The number of alkyl halides is 3. The molecule has 3 rings (SSSR count). The molecule has 1 fully saturated rings. The van der Waals surface area contributed by atoms with Gasteiger partial charge < -0.3 is 20.9 Å². The van der Waals surface area contributed by atoms with Gasteiger partial charge in [0.05, 0.1) is 18.8 Å². The summed E-state index contributed by atoms with van der Waals surface area (Å²) < 4.78 is 39.5. The highest BCUT2D eigenvalue weighted by atomic mass is 19.4. The number of aromatic nitrogens is 2. The number of nitrogens with zero attached hydrogens (tertiary/aromatic N) is 7. The Balaban J connectivity index is 1.94. The van der Waals surface area contributed by atoms with Crippen molar-refractivity contribution < 1.29 is 13.2 Å². The lowest BCUT2D eigenvalue weighted by Crippen LogP contribution is -2.57. The molecule has 0 radical (unpaired) electrons. The molecule has 176 valence electrons. The Morgan fingerprint density at radius 3 is 2.76 bits per heavy atom. The highest BCUT2D eigenvalue weighted by Gasteiger charge is 2.36. The first-order chi connectivity index (χ1) is 15.7. The van der Waals surface area contributed by atoms with Gasteiger partial charge in [0.1, 0.15) is 11.5 Å².